The molecule has 0 aliphatic carbocycles. The first-order valence-electron chi connectivity index (χ1n) is 12.5. The monoisotopic (exact) mass is 623 g/mol. The average molecular weight is 625 g/mol. The minimum atomic E-state index is -4.17. The normalized spacial score (nSPS) is 12.5. The second-order valence-electron chi connectivity index (χ2n) is 10.5. The van der Waals surface area contributed by atoms with Crippen LogP contribution in [0.25, 0.3) is 0 Å². The van der Waals surface area contributed by atoms with Crippen molar-refractivity contribution in [2.45, 2.75) is 57.6 Å². The van der Waals surface area contributed by atoms with Crippen LogP contribution in [0.15, 0.2) is 71.6 Å². The Labute approximate surface area is 251 Å². The molecule has 0 saturated heterocycles. The van der Waals surface area contributed by atoms with Crippen LogP contribution in [0.2, 0.25) is 15.1 Å². The highest BCUT2D eigenvalue weighted by Crippen LogP contribution is 2.27. The largest absolute Gasteiger partial charge is 0.350 e. The fourth-order valence-electron chi connectivity index (χ4n) is 3.86. The van der Waals surface area contributed by atoms with Crippen LogP contribution in [0.5, 0.6) is 0 Å². The summed E-state index contributed by atoms with van der Waals surface area (Å²) in [6, 6.07) is 16.5. The summed E-state index contributed by atoms with van der Waals surface area (Å²) >= 11 is 18.3. The molecule has 3 rings (SSSR count). The number of amides is 2. The van der Waals surface area contributed by atoms with E-state index in [9.17, 15) is 18.0 Å². The number of aryl methyl sites for hydroxylation is 1. The van der Waals surface area contributed by atoms with Crippen LogP contribution in [0.4, 0.5) is 5.69 Å². The molecule has 3 aromatic rings. The Morgan fingerprint density at radius 1 is 0.900 bits per heavy atom. The molecule has 0 saturated carbocycles. The third-order valence-electron chi connectivity index (χ3n) is 6.00. The summed E-state index contributed by atoms with van der Waals surface area (Å²) in [5.74, 6) is -0.978. The molecule has 1 atom stereocenters. The minimum Gasteiger partial charge on any atom is -0.350 e. The summed E-state index contributed by atoms with van der Waals surface area (Å²) in [7, 11) is -4.17. The lowest BCUT2D eigenvalue weighted by atomic mass is 10.1. The molecule has 0 aliphatic heterocycles. The Morgan fingerprint density at radius 3 is 2.05 bits per heavy atom. The molecule has 0 unspecified atom stereocenters. The lowest BCUT2D eigenvalue weighted by Crippen LogP contribution is -2.54. The van der Waals surface area contributed by atoms with Crippen LogP contribution in [0, 0.1) is 6.92 Å². The molecule has 0 heterocycles. The molecule has 0 spiro atoms. The SMILES string of the molecule is Cc1ccc(S(=O)(=O)N(CC(=O)N(Cc2ccc(Cl)c(Cl)c2)[C@H](C)C(=O)NC(C)(C)C)c2ccc(Cl)cc2)cc1. The van der Waals surface area contributed by atoms with Crippen molar-refractivity contribution < 1.29 is 18.0 Å². The van der Waals surface area contributed by atoms with Crippen molar-refractivity contribution in [1.82, 2.24) is 10.2 Å². The van der Waals surface area contributed by atoms with Crippen LogP contribution in [0.1, 0.15) is 38.8 Å². The summed E-state index contributed by atoms with van der Waals surface area (Å²) in [5, 5.41) is 3.94. The number of anilines is 1. The summed E-state index contributed by atoms with van der Waals surface area (Å²) in [6.45, 7) is 8.37. The molecule has 0 fully saturated rings. The molecule has 3 aromatic carbocycles. The third kappa shape index (κ3) is 8.13. The van der Waals surface area contributed by atoms with Gasteiger partial charge in [-0.15, -0.1) is 0 Å². The number of halogens is 3. The van der Waals surface area contributed by atoms with E-state index < -0.39 is 34.1 Å². The maximum absolute atomic E-state index is 13.9. The van der Waals surface area contributed by atoms with E-state index in [1.54, 1.807) is 49.4 Å². The number of sulfonamides is 1. The molecule has 0 aliphatic rings. The molecule has 1 N–H and O–H groups in total. The highest BCUT2D eigenvalue weighted by molar-refractivity contribution is 7.92. The molecular weight excluding hydrogens is 593 g/mol. The van der Waals surface area contributed by atoms with E-state index in [-0.39, 0.29) is 23.0 Å². The predicted octanol–water partition coefficient (Wildman–Crippen LogP) is 6.48. The van der Waals surface area contributed by atoms with Crippen LogP contribution in [-0.2, 0) is 26.2 Å². The first kappa shape index (κ1) is 31.7. The number of rotatable bonds is 9. The molecule has 214 valence electrons. The summed E-state index contributed by atoms with van der Waals surface area (Å²) in [4.78, 5) is 28.5. The Hall–Kier alpha value is -2.78. The summed E-state index contributed by atoms with van der Waals surface area (Å²) in [5.41, 5.74) is 1.21. The first-order chi connectivity index (χ1) is 18.6. The highest BCUT2D eigenvalue weighted by atomic mass is 35.5. The maximum atomic E-state index is 13.9. The second kappa shape index (κ2) is 12.8. The van der Waals surface area contributed by atoms with Crippen molar-refractivity contribution in [3.63, 3.8) is 0 Å². The van der Waals surface area contributed by atoms with Gasteiger partial charge in [-0.2, -0.15) is 0 Å². The Bertz CT molecular complexity index is 1470. The quantitative estimate of drug-likeness (QED) is 0.295. The van der Waals surface area contributed by atoms with E-state index in [1.165, 1.54) is 29.2 Å². The molecule has 11 heteroatoms. The second-order valence-corrected chi connectivity index (χ2v) is 13.6. The van der Waals surface area contributed by atoms with Gasteiger partial charge >= 0.3 is 0 Å². The molecule has 0 bridgehead atoms. The van der Waals surface area contributed by atoms with Gasteiger partial charge in [0.1, 0.15) is 12.6 Å². The Balaban J connectivity index is 2.04. The van der Waals surface area contributed by atoms with Gasteiger partial charge in [-0.25, -0.2) is 8.42 Å². The van der Waals surface area contributed by atoms with Gasteiger partial charge in [0.15, 0.2) is 0 Å². The number of benzene rings is 3. The van der Waals surface area contributed by atoms with Gasteiger partial charge in [0.25, 0.3) is 10.0 Å². The molecule has 40 heavy (non-hydrogen) atoms. The Morgan fingerprint density at radius 2 is 1.50 bits per heavy atom. The molecule has 7 nitrogen and oxygen atoms in total. The van der Waals surface area contributed by atoms with Gasteiger partial charge in [0.2, 0.25) is 11.8 Å². The van der Waals surface area contributed by atoms with Crippen LogP contribution in [0.3, 0.4) is 0 Å². The van der Waals surface area contributed by atoms with E-state index in [0.717, 1.165) is 9.87 Å². The lowest BCUT2D eigenvalue weighted by molar-refractivity contribution is -0.140. The number of nitrogens with one attached hydrogen (secondary N) is 1. The van der Waals surface area contributed by atoms with Crippen molar-refractivity contribution in [2.75, 3.05) is 10.8 Å². The fraction of sp³-hybridized carbons (Fsp3) is 0.310. The zero-order valence-electron chi connectivity index (χ0n) is 22.9. The maximum Gasteiger partial charge on any atom is 0.264 e. The number of hydrogen-bond donors (Lipinski definition) is 1. The molecule has 2 amide bonds. The predicted molar refractivity (Wildman–Crippen MR) is 162 cm³/mol. The van der Waals surface area contributed by atoms with Crippen molar-refractivity contribution in [1.29, 1.82) is 0 Å². The topological polar surface area (TPSA) is 86.8 Å². The van der Waals surface area contributed by atoms with E-state index in [2.05, 4.69) is 5.32 Å². The van der Waals surface area contributed by atoms with Gasteiger partial charge in [-0.3, -0.25) is 13.9 Å². The number of carbonyl (C=O) groups is 2. The molecular formula is C29H32Cl3N3O4S. The fourth-order valence-corrected chi connectivity index (χ4v) is 5.73. The summed E-state index contributed by atoms with van der Waals surface area (Å²) in [6.07, 6.45) is 0. The van der Waals surface area contributed by atoms with E-state index in [1.807, 2.05) is 27.7 Å². The first-order valence-corrected chi connectivity index (χ1v) is 15.1. The van der Waals surface area contributed by atoms with Crippen LogP contribution in [-0.4, -0.2) is 43.3 Å². The zero-order chi connectivity index (χ0) is 29.8. The lowest BCUT2D eigenvalue weighted by Gasteiger charge is -2.33. The van der Waals surface area contributed by atoms with Crippen LogP contribution >= 0.6 is 34.8 Å². The third-order valence-corrected chi connectivity index (χ3v) is 8.78. The van der Waals surface area contributed by atoms with Gasteiger partial charge in [0.05, 0.1) is 20.6 Å². The zero-order valence-corrected chi connectivity index (χ0v) is 26.0. The van der Waals surface area contributed by atoms with Crippen molar-refractivity contribution in [2.24, 2.45) is 0 Å². The Kier molecular flexibility index (Phi) is 10.2. The van der Waals surface area contributed by atoms with E-state index in [4.69, 9.17) is 34.8 Å². The van der Waals surface area contributed by atoms with E-state index in [0.29, 0.717) is 20.6 Å². The average Bonchev–Trinajstić information content (AvgIpc) is 2.87. The van der Waals surface area contributed by atoms with E-state index >= 15 is 0 Å². The van der Waals surface area contributed by atoms with Crippen molar-refractivity contribution in [3.8, 4) is 0 Å². The smallest absolute Gasteiger partial charge is 0.264 e. The number of nitrogens with zero attached hydrogens (tertiary/aromatic N) is 2. The van der Waals surface area contributed by atoms with Crippen LogP contribution < -0.4 is 9.62 Å². The highest BCUT2D eigenvalue weighted by Gasteiger charge is 2.33. The minimum absolute atomic E-state index is 0.00646. The van der Waals surface area contributed by atoms with Gasteiger partial charge in [0, 0.05) is 17.1 Å². The van der Waals surface area contributed by atoms with Gasteiger partial charge in [-0.1, -0.05) is 58.6 Å². The number of hydrogen-bond acceptors (Lipinski definition) is 4. The molecule has 0 radical (unpaired) electrons. The van der Waals surface area contributed by atoms with Crippen molar-refractivity contribution in [3.05, 3.63) is 92.9 Å². The summed E-state index contributed by atoms with van der Waals surface area (Å²) < 4.78 is 28.7. The van der Waals surface area contributed by atoms with Gasteiger partial charge in [-0.05, 0) is 88.7 Å². The van der Waals surface area contributed by atoms with Crippen molar-refractivity contribution >= 4 is 62.3 Å². The van der Waals surface area contributed by atoms with Gasteiger partial charge < -0.3 is 10.2 Å². The standard InChI is InChI=1S/C29H32Cl3N3O4S/c1-19-6-13-24(14-7-19)40(38,39)35(23-11-9-22(30)10-12-23)18-27(36)34(20(2)28(37)33-29(3,4)5)17-21-8-15-25(31)26(32)16-21/h6-16,20H,17-18H2,1-5H3,(H,33,37)/t20-/m1/s1. The molecule has 0 aromatic heterocycles. The number of carbonyl (C=O) groups excluding carboxylic acids is 2.